The molecule has 4 heteroatoms. The maximum atomic E-state index is 13.3. The number of anilines is 1. The standard InChI is InChI=1S/C16H18FNO2/c1-10-6-7-12(17)8-11(10)9-14(19)13-4-3-5-15(20-2)16(13)18/h3-8,14,19H,9,18H2,1-2H3. The van der Waals surface area contributed by atoms with Crippen LogP contribution in [0.2, 0.25) is 0 Å². The third-order valence-corrected chi connectivity index (χ3v) is 3.40. The Labute approximate surface area is 117 Å². The Morgan fingerprint density at radius 1 is 1.30 bits per heavy atom. The van der Waals surface area contributed by atoms with Crippen LogP contribution in [-0.4, -0.2) is 12.2 Å². The summed E-state index contributed by atoms with van der Waals surface area (Å²) < 4.78 is 18.4. The van der Waals surface area contributed by atoms with E-state index in [0.717, 1.165) is 11.1 Å². The Bertz CT molecular complexity index is 613. The number of aliphatic hydroxyl groups is 1. The van der Waals surface area contributed by atoms with Crippen LogP contribution in [-0.2, 0) is 6.42 Å². The minimum Gasteiger partial charge on any atom is -0.495 e. The molecule has 0 spiro atoms. The fraction of sp³-hybridized carbons (Fsp3) is 0.250. The van der Waals surface area contributed by atoms with E-state index in [1.54, 1.807) is 24.3 Å². The van der Waals surface area contributed by atoms with Gasteiger partial charge in [-0.1, -0.05) is 18.2 Å². The van der Waals surface area contributed by atoms with E-state index in [-0.39, 0.29) is 5.82 Å². The Kier molecular flexibility index (Phi) is 4.25. The summed E-state index contributed by atoms with van der Waals surface area (Å²) in [4.78, 5) is 0. The Morgan fingerprint density at radius 3 is 2.75 bits per heavy atom. The second-order valence-electron chi connectivity index (χ2n) is 4.75. The summed E-state index contributed by atoms with van der Waals surface area (Å²) in [6.07, 6.45) is -0.494. The molecule has 0 radical (unpaired) electrons. The lowest BCUT2D eigenvalue weighted by Gasteiger charge is -2.16. The molecule has 0 amide bonds. The molecular formula is C16H18FNO2. The first-order chi connectivity index (χ1) is 9.52. The van der Waals surface area contributed by atoms with Crippen LogP contribution in [0.5, 0.6) is 5.75 Å². The van der Waals surface area contributed by atoms with Crippen molar-refractivity contribution in [1.29, 1.82) is 0 Å². The van der Waals surface area contributed by atoms with Gasteiger partial charge in [0.2, 0.25) is 0 Å². The van der Waals surface area contributed by atoms with E-state index in [1.165, 1.54) is 19.2 Å². The Balaban J connectivity index is 2.28. The predicted octanol–water partition coefficient (Wildman–Crippen LogP) is 3.00. The molecule has 106 valence electrons. The van der Waals surface area contributed by atoms with Crippen LogP contribution >= 0.6 is 0 Å². The van der Waals surface area contributed by atoms with Crippen LogP contribution < -0.4 is 10.5 Å². The molecule has 0 fully saturated rings. The Morgan fingerprint density at radius 2 is 2.05 bits per heavy atom. The van der Waals surface area contributed by atoms with Gasteiger partial charge in [-0.3, -0.25) is 0 Å². The second-order valence-corrected chi connectivity index (χ2v) is 4.75. The fourth-order valence-corrected chi connectivity index (χ4v) is 2.21. The van der Waals surface area contributed by atoms with Crippen LogP contribution in [0.1, 0.15) is 22.8 Å². The molecule has 0 aliphatic carbocycles. The van der Waals surface area contributed by atoms with Crippen molar-refractivity contribution in [3.8, 4) is 5.75 Å². The van der Waals surface area contributed by atoms with Gasteiger partial charge in [-0.05, 0) is 36.2 Å². The second kappa shape index (κ2) is 5.92. The van der Waals surface area contributed by atoms with Crippen molar-refractivity contribution in [2.75, 3.05) is 12.8 Å². The zero-order valence-corrected chi connectivity index (χ0v) is 11.6. The zero-order chi connectivity index (χ0) is 14.7. The topological polar surface area (TPSA) is 55.5 Å². The summed E-state index contributed by atoms with van der Waals surface area (Å²) in [5, 5.41) is 10.3. The number of nitrogens with two attached hydrogens (primary N) is 1. The molecule has 0 saturated carbocycles. The lowest BCUT2D eigenvalue weighted by molar-refractivity contribution is 0.178. The van der Waals surface area contributed by atoms with Gasteiger partial charge >= 0.3 is 0 Å². The highest BCUT2D eigenvalue weighted by atomic mass is 19.1. The molecule has 0 aliphatic heterocycles. The van der Waals surface area contributed by atoms with Crippen molar-refractivity contribution in [3.63, 3.8) is 0 Å². The van der Waals surface area contributed by atoms with Gasteiger partial charge in [0.05, 0.1) is 18.9 Å². The lowest BCUT2D eigenvalue weighted by Crippen LogP contribution is -2.07. The number of ether oxygens (including phenoxy) is 1. The highest BCUT2D eigenvalue weighted by molar-refractivity contribution is 5.59. The van der Waals surface area contributed by atoms with Gasteiger partial charge in [-0.2, -0.15) is 0 Å². The number of aliphatic hydroxyl groups excluding tert-OH is 1. The molecule has 2 aromatic carbocycles. The minimum absolute atomic E-state index is 0.307. The van der Waals surface area contributed by atoms with E-state index in [0.29, 0.717) is 23.4 Å². The van der Waals surface area contributed by atoms with Crippen LogP contribution in [0, 0.1) is 12.7 Å². The molecule has 0 bridgehead atoms. The average molecular weight is 275 g/mol. The molecule has 2 aromatic rings. The van der Waals surface area contributed by atoms with Crippen molar-refractivity contribution in [2.24, 2.45) is 0 Å². The molecular weight excluding hydrogens is 257 g/mol. The first-order valence-electron chi connectivity index (χ1n) is 6.38. The van der Waals surface area contributed by atoms with Crippen molar-refractivity contribution < 1.29 is 14.2 Å². The summed E-state index contributed by atoms with van der Waals surface area (Å²) in [5.74, 6) is 0.217. The number of aryl methyl sites for hydroxylation is 1. The summed E-state index contributed by atoms with van der Waals surface area (Å²) in [7, 11) is 1.53. The van der Waals surface area contributed by atoms with E-state index in [4.69, 9.17) is 10.5 Å². The molecule has 3 nitrogen and oxygen atoms in total. The van der Waals surface area contributed by atoms with Crippen LogP contribution in [0.25, 0.3) is 0 Å². The minimum atomic E-state index is -0.800. The van der Waals surface area contributed by atoms with Gasteiger partial charge in [0, 0.05) is 12.0 Å². The van der Waals surface area contributed by atoms with E-state index >= 15 is 0 Å². The number of halogens is 1. The molecule has 3 N–H and O–H groups in total. The van der Waals surface area contributed by atoms with Gasteiger partial charge in [-0.25, -0.2) is 4.39 Å². The Hall–Kier alpha value is -2.07. The molecule has 20 heavy (non-hydrogen) atoms. The summed E-state index contributed by atoms with van der Waals surface area (Å²) in [6.45, 7) is 1.89. The molecule has 1 atom stereocenters. The van der Waals surface area contributed by atoms with Gasteiger partial charge in [0.15, 0.2) is 0 Å². The molecule has 2 rings (SSSR count). The normalized spacial score (nSPS) is 12.2. The fourth-order valence-electron chi connectivity index (χ4n) is 2.21. The monoisotopic (exact) mass is 275 g/mol. The van der Waals surface area contributed by atoms with E-state index in [2.05, 4.69) is 0 Å². The highest BCUT2D eigenvalue weighted by Gasteiger charge is 2.15. The van der Waals surface area contributed by atoms with E-state index in [1.807, 2.05) is 6.92 Å². The summed E-state index contributed by atoms with van der Waals surface area (Å²) in [6, 6.07) is 9.80. The third kappa shape index (κ3) is 2.91. The maximum absolute atomic E-state index is 13.3. The van der Waals surface area contributed by atoms with E-state index < -0.39 is 6.10 Å². The predicted molar refractivity (Wildman–Crippen MR) is 77.2 cm³/mol. The van der Waals surface area contributed by atoms with E-state index in [9.17, 15) is 9.50 Å². The number of para-hydroxylation sites is 1. The van der Waals surface area contributed by atoms with Crippen LogP contribution in [0.4, 0.5) is 10.1 Å². The average Bonchev–Trinajstić information content (AvgIpc) is 2.43. The van der Waals surface area contributed by atoms with Crippen molar-refractivity contribution in [3.05, 3.63) is 58.9 Å². The summed E-state index contributed by atoms with van der Waals surface area (Å²) in [5.41, 5.74) is 8.66. The molecule has 1 unspecified atom stereocenters. The lowest BCUT2D eigenvalue weighted by atomic mass is 9.97. The van der Waals surface area contributed by atoms with Crippen molar-refractivity contribution in [2.45, 2.75) is 19.4 Å². The number of hydrogen-bond donors (Lipinski definition) is 2. The van der Waals surface area contributed by atoms with Gasteiger partial charge in [0.25, 0.3) is 0 Å². The smallest absolute Gasteiger partial charge is 0.142 e. The number of rotatable bonds is 4. The largest absolute Gasteiger partial charge is 0.495 e. The first kappa shape index (κ1) is 14.3. The van der Waals surface area contributed by atoms with Gasteiger partial charge in [0.1, 0.15) is 11.6 Å². The van der Waals surface area contributed by atoms with Crippen LogP contribution in [0.3, 0.4) is 0 Å². The third-order valence-electron chi connectivity index (χ3n) is 3.40. The number of methoxy groups -OCH3 is 1. The molecule has 0 saturated heterocycles. The van der Waals surface area contributed by atoms with Crippen molar-refractivity contribution >= 4 is 5.69 Å². The quantitative estimate of drug-likeness (QED) is 0.843. The van der Waals surface area contributed by atoms with Gasteiger partial charge in [-0.15, -0.1) is 0 Å². The molecule has 0 heterocycles. The highest BCUT2D eigenvalue weighted by Crippen LogP contribution is 2.31. The zero-order valence-electron chi connectivity index (χ0n) is 11.6. The number of nitrogen functional groups attached to an aromatic ring is 1. The number of hydrogen-bond acceptors (Lipinski definition) is 3. The molecule has 0 aliphatic rings. The SMILES string of the molecule is COc1cccc(C(O)Cc2cc(F)ccc2C)c1N. The maximum Gasteiger partial charge on any atom is 0.142 e. The molecule has 0 aromatic heterocycles. The number of benzene rings is 2. The first-order valence-corrected chi connectivity index (χ1v) is 6.38. The summed E-state index contributed by atoms with van der Waals surface area (Å²) >= 11 is 0. The van der Waals surface area contributed by atoms with Crippen molar-refractivity contribution in [1.82, 2.24) is 0 Å². The van der Waals surface area contributed by atoms with Gasteiger partial charge < -0.3 is 15.6 Å². The van der Waals surface area contributed by atoms with Crippen LogP contribution in [0.15, 0.2) is 36.4 Å².